The van der Waals surface area contributed by atoms with Crippen LogP contribution in [0.2, 0.25) is 5.02 Å². The molecule has 0 unspecified atom stereocenters. The van der Waals surface area contributed by atoms with Crippen LogP contribution in [0.1, 0.15) is 16.8 Å². The monoisotopic (exact) mass is 396 g/mol. The Balaban J connectivity index is 1.54. The second kappa shape index (κ2) is 9.95. The van der Waals surface area contributed by atoms with E-state index in [1.165, 1.54) is 5.56 Å². The van der Waals surface area contributed by atoms with Gasteiger partial charge in [-0.1, -0.05) is 41.9 Å². The average molecular weight is 397 g/mol. The minimum Gasteiger partial charge on any atom is -0.496 e. The van der Waals surface area contributed by atoms with E-state index in [0.717, 1.165) is 53.8 Å². The summed E-state index contributed by atoms with van der Waals surface area (Å²) in [5, 5.41) is 7.43. The molecule has 0 aliphatic carbocycles. The van der Waals surface area contributed by atoms with Crippen molar-refractivity contribution in [3.8, 4) is 5.75 Å². The van der Waals surface area contributed by atoms with Gasteiger partial charge in [-0.3, -0.25) is 0 Å². The highest BCUT2D eigenvalue weighted by atomic mass is 35.5. The van der Waals surface area contributed by atoms with Gasteiger partial charge < -0.3 is 15.4 Å². The van der Waals surface area contributed by atoms with E-state index in [9.17, 15) is 0 Å². The summed E-state index contributed by atoms with van der Waals surface area (Å²) in [6.45, 7) is 3.47. The zero-order valence-electron chi connectivity index (χ0n) is 16.2. The Hall–Kier alpha value is -2.79. The minimum atomic E-state index is 0.625. The number of nitrogens with one attached hydrogen (secondary N) is 2. The fraction of sp³-hybridized carbons (Fsp3) is 0.273. The van der Waals surface area contributed by atoms with Crippen LogP contribution in [0.5, 0.6) is 5.75 Å². The number of para-hydroxylation sites is 1. The number of anilines is 2. The molecule has 5 nitrogen and oxygen atoms in total. The second-order valence-electron chi connectivity index (χ2n) is 6.51. The van der Waals surface area contributed by atoms with Crippen LogP contribution in [0.3, 0.4) is 0 Å². The van der Waals surface area contributed by atoms with Gasteiger partial charge in [-0.15, -0.1) is 0 Å². The first-order valence-electron chi connectivity index (χ1n) is 9.34. The highest BCUT2D eigenvalue weighted by Gasteiger charge is 2.05. The largest absolute Gasteiger partial charge is 0.496 e. The van der Waals surface area contributed by atoms with Crippen molar-refractivity contribution in [3.63, 3.8) is 0 Å². The fourth-order valence-electron chi connectivity index (χ4n) is 2.98. The molecular weight excluding hydrogens is 372 g/mol. The predicted octanol–water partition coefficient (Wildman–Crippen LogP) is 4.76. The molecule has 6 heteroatoms. The summed E-state index contributed by atoms with van der Waals surface area (Å²) in [6.07, 6.45) is 1.71. The predicted molar refractivity (Wildman–Crippen MR) is 116 cm³/mol. The fourth-order valence-corrected chi connectivity index (χ4v) is 3.20. The number of nitrogens with zero attached hydrogens (tertiary/aromatic N) is 2. The lowest BCUT2D eigenvalue weighted by Gasteiger charge is -2.11. The normalized spacial score (nSPS) is 10.5. The van der Waals surface area contributed by atoms with Gasteiger partial charge in [-0.05, 0) is 49.1 Å². The molecule has 0 fully saturated rings. The van der Waals surface area contributed by atoms with Gasteiger partial charge in [0.1, 0.15) is 11.6 Å². The van der Waals surface area contributed by atoms with E-state index in [-0.39, 0.29) is 0 Å². The van der Waals surface area contributed by atoms with Crippen LogP contribution in [0, 0.1) is 6.92 Å². The summed E-state index contributed by atoms with van der Waals surface area (Å²) >= 11 is 6.04. The van der Waals surface area contributed by atoms with Crippen LogP contribution in [0.15, 0.2) is 54.6 Å². The van der Waals surface area contributed by atoms with Crippen LogP contribution >= 0.6 is 11.6 Å². The van der Waals surface area contributed by atoms with Gasteiger partial charge in [-0.25, -0.2) is 4.98 Å². The molecular formula is C22H25ClN4O. The molecule has 0 aliphatic heterocycles. The molecule has 0 aliphatic rings. The van der Waals surface area contributed by atoms with E-state index < -0.39 is 0 Å². The molecule has 3 aromatic rings. The summed E-state index contributed by atoms with van der Waals surface area (Å²) in [5.41, 5.74) is 3.27. The maximum absolute atomic E-state index is 6.04. The Morgan fingerprint density at radius 1 is 0.929 bits per heavy atom. The Morgan fingerprint density at radius 2 is 1.75 bits per heavy atom. The van der Waals surface area contributed by atoms with E-state index >= 15 is 0 Å². The van der Waals surface area contributed by atoms with Gasteiger partial charge >= 0.3 is 0 Å². The standard InChI is InChI=1S/C22H25ClN4O/c1-16-14-21(24-12-10-17-6-5-8-19(23)15-17)27-22(26-16)25-13-11-18-7-3-4-9-20(18)28-2/h3-9,14-15H,10-13H2,1-2H3,(H2,24,25,26,27). The second-order valence-corrected chi connectivity index (χ2v) is 6.95. The maximum atomic E-state index is 6.04. The lowest BCUT2D eigenvalue weighted by molar-refractivity contribution is 0.410. The average Bonchev–Trinajstić information content (AvgIpc) is 2.68. The van der Waals surface area contributed by atoms with Gasteiger partial charge in [0.05, 0.1) is 7.11 Å². The van der Waals surface area contributed by atoms with Crippen molar-refractivity contribution < 1.29 is 4.74 Å². The third kappa shape index (κ3) is 5.86. The number of rotatable bonds is 9. The van der Waals surface area contributed by atoms with E-state index in [4.69, 9.17) is 16.3 Å². The van der Waals surface area contributed by atoms with Gasteiger partial charge in [0, 0.05) is 29.9 Å². The van der Waals surface area contributed by atoms with Crippen molar-refractivity contribution in [3.05, 3.63) is 76.4 Å². The van der Waals surface area contributed by atoms with Crippen LogP contribution < -0.4 is 15.4 Å². The molecule has 0 bridgehead atoms. The number of hydrogen-bond donors (Lipinski definition) is 2. The Bertz CT molecular complexity index is 917. The van der Waals surface area contributed by atoms with Gasteiger partial charge in [0.15, 0.2) is 0 Å². The van der Waals surface area contributed by atoms with E-state index in [2.05, 4.69) is 32.7 Å². The zero-order chi connectivity index (χ0) is 19.8. The molecule has 3 rings (SSSR count). The van der Waals surface area contributed by atoms with Crippen LogP contribution in [0.4, 0.5) is 11.8 Å². The van der Waals surface area contributed by atoms with Crippen molar-refractivity contribution in [2.24, 2.45) is 0 Å². The van der Waals surface area contributed by atoms with Gasteiger partial charge in [0.2, 0.25) is 5.95 Å². The summed E-state index contributed by atoms with van der Waals surface area (Å²) in [5.74, 6) is 2.34. The Labute approximate surface area is 171 Å². The number of hydrogen-bond acceptors (Lipinski definition) is 5. The number of halogens is 1. The molecule has 0 atom stereocenters. The molecule has 1 aromatic heterocycles. The first kappa shape index (κ1) is 20.0. The lowest BCUT2D eigenvalue weighted by atomic mass is 10.1. The summed E-state index contributed by atoms with van der Waals surface area (Å²) in [4.78, 5) is 9.04. The zero-order valence-corrected chi connectivity index (χ0v) is 17.0. The molecule has 0 saturated carbocycles. The number of ether oxygens (including phenoxy) is 1. The molecule has 2 aromatic carbocycles. The first-order chi connectivity index (χ1) is 13.6. The minimum absolute atomic E-state index is 0.625. The van der Waals surface area contributed by atoms with Crippen molar-refractivity contribution in [1.82, 2.24) is 9.97 Å². The highest BCUT2D eigenvalue weighted by molar-refractivity contribution is 6.30. The lowest BCUT2D eigenvalue weighted by Crippen LogP contribution is -2.12. The van der Waals surface area contributed by atoms with Crippen molar-refractivity contribution in [1.29, 1.82) is 0 Å². The summed E-state index contributed by atoms with van der Waals surface area (Å²) in [6, 6.07) is 17.9. The number of methoxy groups -OCH3 is 1. The Kier molecular flexibility index (Phi) is 7.09. The molecule has 0 amide bonds. The third-order valence-corrected chi connectivity index (χ3v) is 4.57. The van der Waals surface area contributed by atoms with Crippen LogP contribution in [0.25, 0.3) is 0 Å². The smallest absolute Gasteiger partial charge is 0.224 e. The van der Waals surface area contributed by atoms with E-state index in [1.807, 2.05) is 49.4 Å². The molecule has 1 heterocycles. The number of aryl methyl sites for hydroxylation is 1. The maximum Gasteiger partial charge on any atom is 0.224 e. The molecule has 146 valence electrons. The SMILES string of the molecule is COc1ccccc1CCNc1nc(C)cc(NCCc2cccc(Cl)c2)n1. The molecule has 0 radical (unpaired) electrons. The molecule has 0 spiro atoms. The van der Waals surface area contributed by atoms with Gasteiger partial charge in [0.25, 0.3) is 0 Å². The van der Waals surface area contributed by atoms with Crippen molar-refractivity contribution in [2.45, 2.75) is 19.8 Å². The third-order valence-electron chi connectivity index (χ3n) is 4.33. The molecule has 2 N–H and O–H groups in total. The van der Waals surface area contributed by atoms with Crippen molar-refractivity contribution in [2.75, 3.05) is 30.8 Å². The summed E-state index contributed by atoms with van der Waals surface area (Å²) < 4.78 is 5.40. The Morgan fingerprint density at radius 3 is 2.57 bits per heavy atom. The summed E-state index contributed by atoms with van der Waals surface area (Å²) in [7, 11) is 1.69. The van der Waals surface area contributed by atoms with E-state index in [0.29, 0.717) is 5.95 Å². The first-order valence-corrected chi connectivity index (χ1v) is 9.71. The molecule has 0 saturated heterocycles. The van der Waals surface area contributed by atoms with Gasteiger partial charge in [-0.2, -0.15) is 4.98 Å². The highest BCUT2D eigenvalue weighted by Crippen LogP contribution is 2.18. The van der Waals surface area contributed by atoms with Crippen LogP contribution in [-0.2, 0) is 12.8 Å². The van der Waals surface area contributed by atoms with Crippen molar-refractivity contribution >= 4 is 23.4 Å². The number of aromatic nitrogens is 2. The topological polar surface area (TPSA) is 59.1 Å². The van der Waals surface area contributed by atoms with E-state index in [1.54, 1.807) is 7.11 Å². The quantitative estimate of drug-likeness (QED) is 0.546. The molecule has 28 heavy (non-hydrogen) atoms. The number of benzene rings is 2. The van der Waals surface area contributed by atoms with Crippen LogP contribution in [-0.4, -0.2) is 30.2 Å².